The Kier molecular flexibility index (Phi) is 20.3. The fourth-order valence-corrected chi connectivity index (χ4v) is 9.61. The molecule has 2 unspecified atom stereocenters. The van der Waals surface area contributed by atoms with Gasteiger partial charge < -0.3 is 39.5 Å². The van der Waals surface area contributed by atoms with Gasteiger partial charge in [-0.25, -0.2) is 0 Å². The van der Waals surface area contributed by atoms with Crippen LogP contribution in [0.4, 0.5) is 0 Å². The summed E-state index contributed by atoms with van der Waals surface area (Å²) < 4.78 is 22.0. The SMILES string of the molecule is CC[C@H]1OC(=O)C[C@@H](O)[C@H](C)[C@@H](O[C@@H]2O[C@H](C)[C@@H](O)C(N(C)C)C2O)[C@@H](CCN(CCn2cc(-c3ccc(C(C)(C)C)cc3)nn2)Cc2ccc(I)cc2)C[C@@H](C)C(=O)/C=C/C(C)=C/[C@@H]1CO. The number of aliphatic hydroxyl groups excluding tert-OH is 4. The Morgan fingerprint density at radius 1 is 0.955 bits per heavy atom. The van der Waals surface area contributed by atoms with Gasteiger partial charge in [0.25, 0.3) is 0 Å². The molecule has 5 rings (SSSR count). The van der Waals surface area contributed by atoms with Gasteiger partial charge in [-0.3, -0.25) is 19.2 Å². The molecule has 0 radical (unpaired) electrons. The molecule has 14 nitrogen and oxygen atoms in total. The Morgan fingerprint density at radius 2 is 1.64 bits per heavy atom. The number of esters is 1. The van der Waals surface area contributed by atoms with E-state index in [1.165, 1.54) is 5.56 Å². The number of halogens is 1. The van der Waals surface area contributed by atoms with Crippen LogP contribution < -0.4 is 0 Å². The lowest BCUT2D eigenvalue weighted by Gasteiger charge is -2.46. The number of likely N-dealkylation sites (N-methyl/N-ethyl adjacent to an activating group) is 1. The maximum Gasteiger partial charge on any atom is 0.308 e. The first kappa shape index (κ1) is 54.5. The first-order valence-electron chi connectivity index (χ1n) is 23.9. The Bertz CT molecular complexity index is 2090. The summed E-state index contributed by atoms with van der Waals surface area (Å²) in [6, 6.07) is 16.1. The normalized spacial score (nSPS) is 30.9. The molecule has 67 heavy (non-hydrogen) atoms. The van der Waals surface area contributed by atoms with Crippen molar-refractivity contribution in [2.45, 2.75) is 149 Å². The summed E-state index contributed by atoms with van der Waals surface area (Å²) in [7, 11) is 3.54. The number of ether oxygens (including phenoxy) is 3. The molecule has 0 spiro atoms. The Hall–Kier alpha value is -3.39. The van der Waals surface area contributed by atoms with Crippen molar-refractivity contribution in [3.8, 4) is 11.3 Å². The number of carbonyl (C=O) groups excluding carboxylic acids is 2. The molecule has 4 N–H and O–H groups in total. The minimum absolute atomic E-state index is 0.0347. The molecule has 2 aromatic carbocycles. The van der Waals surface area contributed by atoms with Crippen molar-refractivity contribution >= 4 is 34.3 Å². The molecule has 2 aliphatic heterocycles. The van der Waals surface area contributed by atoms with Crippen LogP contribution in [0.1, 0.15) is 92.2 Å². The summed E-state index contributed by atoms with van der Waals surface area (Å²) >= 11 is 2.30. The second-order valence-corrected chi connectivity index (χ2v) is 21.3. The lowest BCUT2D eigenvalue weighted by molar-refractivity contribution is -0.304. The van der Waals surface area contributed by atoms with E-state index in [-0.39, 0.29) is 24.2 Å². The van der Waals surface area contributed by atoms with Crippen molar-refractivity contribution in [1.82, 2.24) is 24.8 Å². The molecular formula is C52H76IN5O9. The fraction of sp³-hybridized carbons (Fsp3) is 0.615. The summed E-state index contributed by atoms with van der Waals surface area (Å²) in [4.78, 5) is 31.7. The number of nitrogens with zero attached hydrogens (tertiary/aromatic N) is 5. The number of aromatic nitrogens is 3. The van der Waals surface area contributed by atoms with Gasteiger partial charge in [0.05, 0.1) is 56.2 Å². The van der Waals surface area contributed by atoms with Crippen molar-refractivity contribution in [2.24, 2.45) is 23.7 Å². The quantitative estimate of drug-likeness (QED) is 0.101. The highest BCUT2D eigenvalue weighted by Gasteiger charge is 2.47. The summed E-state index contributed by atoms with van der Waals surface area (Å²) in [5, 5.41) is 54.1. The lowest BCUT2D eigenvalue weighted by Crippen LogP contribution is -2.63. The summed E-state index contributed by atoms with van der Waals surface area (Å²) in [5.41, 5.74) is 4.92. The molecular weight excluding hydrogens is 966 g/mol. The largest absolute Gasteiger partial charge is 0.462 e. The van der Waals surface area contributed by atoms with Gasteiger partial charge in [0.15, 0.2) is 12.1 Å². The maximum atomic E-state index is 14.0. The van der Waals surface area contributed by atoms with Crippen LogP contribution in [0.5, 0.6) is 0 Å². The van der Waals surface area contributed by atoms with Crippen molar-refractivity contribution in [1.29, 1.82) is 0 Å². The number of carbonyl (C=O) groups is 2. The second-order valence-electron chi connectivity index (χ2n) is 20.1. The van der Waals surface area contributed by atoms with Crippen LogP contribution in [0, 0.1) is 27.2 Å². The number of hydrogen-bond acceptors (Lipinski definition) is 13. The lowest BCUT2D eigenvalue weighted by atomic mass is 9.79. The number of ketones is 1. The highest BCUT2D eigenvalue weighted by atomic mass is 127. The molecule has 1 saturated heterocycles. The fourth-order valence-electron chi connectivity index (χ4n) is 9.25. The maximum absolute atomic E-state index is 14.0. The first-order valence-corrected chi connectivity index (χ1v) is 25.0. The van der Waals surface area contributed by atoms with Gasteiger partial charge in [-0.05, 0) is 117 Å². The van der Waals surface area contributed by atoms with Crippen molar-refractivity contribution in [3.05, 3.63) is 93.2 Å². The van der Waals surface area contributed by atoms with E-state index in [4.69, 9.17) is 14.2 Å². The Balaban J connectivity index is 1.50. The van der Waals surface area contributed by atoms with Gasteiger partial charge in [-0.1, -0.05) is 101 Å². The van der Waals surface area contributed by atoms with Crippen LogP contribution in [-0.4, -0.2) is 140 Å². The third kappa shape index (κ3) is 15.3. The molecule has 3 aromatic rings. The van der Waals surface area contributed by atoms with Crippen molar-refractivity contribution in [3.63, 3.8) is 0 Å². The number of benzene rings is 2. The predicted octanol–water partition coefficient (Wildman–Crippen LogP) is 6.57. The molecule has 0 saturated carbocycles. The van der Waals surface area contributed by atoms with Crippen LogP contribution in [0.2, 0.25) is 0 Å². The van der Waals surface area contributed by atoms with E-state index >= 15 is 0 Å². The van der Waals surface area contributed by atoms with E-state index in [9.17, 15) is 30.0 Å². The number of rotatable bonds is 14. The van der Waals surface area contributed by atoms with E-state index < -0.39 is 78.6 Å². The van der Waals surface area contributed by atoms with E-state index in [2.05, 4.69) is 107 Å². The number of allylic oxidation sites excluding steroid dienone is 3. The van der Waals surface area contributed by atoms with Gasteiger partial charge in [-0.15, -0.1) is 5.10 Å². The molecule has 15 heteroatoms. The second kappa shape index (κ2) is 24.9. The van der Waals surface area contributed by atoms with Gasteiger partial charge >= 0.3 is 5.97 Å². The smallest absolute Gasteiger partial charge is 0.308 e. The molecule has 1 aromatic heterocycles. The standard InChI is InChI=1S/C52H76IN5O9/c1-11-45-39(31-59)26-32(2)12-21-43(60)33(3)27-38(50(34(4)44(61)28-46(62)66-45)67-51-49(64)47(56(9)10)48(63)35(5)65-51)22-23-57(29-36-13-19-41(53)20-14-36)24-25-58-30-42(54-55-58)37-15-17-40(18-16-37)52(6,7)8/h12-21,26,30,33-35,38-39,44-45,47-51,59,61,63-64H,11,22-25,27-29,31H2,1-10H3/b21-12+,32-26+/t33-,34+,35-,38+,39-,44-,45-,47?,48-,49?,50-,51+/m1/s1. The van der Waals surface area contributed by atoms with E-state index in [1.54, 1.807) is 38.1 Å². The molecule has 1 fully saturated rings. The highest BCUT2D eigenvalue weighted by Crippen LogP contribution is 2.35. The van der Waals surface area contributed by atoms with Crippen LogP contribution in [0.25, 0.3) is 11.3 Å². The van der Waals surface area contributed by atoms with E-state index in [0.29, 0.717) is 45.4 Å². The molecule has 3 heterocycles. The monoisotopic (exact) mass is 1040 g/mol. The van der Waals surface area contributed by atoms with E-state index in [1.807, 2.05) is 44.6 Å². The van der Waals surface area contributed by atoms with Crippen LogP contribution in [-0.2, 0) is 42.3 Å². The molecule has 0 bridgehead atoms. The average molecular weight is 1040 g/mol. The molecule has 370 valence electrons. The average Bonchev–Trinajstić information content (AvgIpc) is 3.76. The van der Waals surface area contributed by atoms with Crippen molar-refractivity contribution in [2.75, 3.05) is 33.8 Å². The number of hydrogen-bond donors (Lipinski definition) is 4. The zero-order valence-electron chi connectivity index (χ0n) is 41.2. The Labute approximate surface area is 411 Å². The summed E-state index contributed by atoms with van der Waals surface area (Å²) in [5.74, 6) is -2.82. The summed E-state index contributed by atoms with van der Waals surface area (Å²) in [6.45, 7) is 17.8. The Morgan fingerprint density at radius 3 is 2.27 bits per heavy atom. The first-order chi connectivity index (χ1) is 31.7. The zero-order chi connectivity index (χ0) is 49.2. The van der Waals surface area contributed by atoms with E-state index in [0.717, 1.165) is 26.0 Å². The molecule has 2 aliphatic rings. The topological polar surface area (TPSA) is 180 Å². The third-order valence-electron chi connectivity index (χ3n) is 13.5. The van der Waals surface area contributed by atoms with Gasteiger partial charge in [-0.2, -0.15) is 0 Å². The number of cyclic esters (lactones) is 1. The molecule has 0 amide bonds. The highest BCUT2D eigenvalue weighted by molar-refractivity contribution is 14.1. The number of aliphatic hydroxyl groups is 4. The van der Waals surface area contributed by atoms with Crippen LogP contribution >= 0.6 is 22.6 Å². The van der Waals surface area contributed by atoms with Gasteiger partial charge in [0.2, 0.25) is 0 Å². The zero-order valence-corrected chi connectivity index (χ0v) is 43.3. The van der Waals surface area contributed by atoms with Gasteiger partial charge in [0.1, 0.15) is 17.9 Å². The van der Waals surface area contributed by atoms with Gasteiger partial charge in [0, 0.05) is 40.0 Å². The molecule has 12 atom stereocenters. The summed E-state index contributed by atoms with van der Waals surface area (Å²) in [6.07, 6.45) is 1.10. The minimum Gasteiger partial charge on any atom is -0.462 e. The third-order valence-corrected chi connectivity index (χ3v) is 14.2. The predicted molar refractivity (Wildman–Crippen MR) is 268 cm³/mol. The van der Waals surface area contributed by atoms with Crippen LogP contribution in [0.3, 0.4) is 0 Å². The van der Waals surface area contributed by atoms with Crippen molar-refractivity contribution < 1.29 is 44.2 Å². The minimum atomic E-state index is -1.27. The van der Waals surface area contributed by atoms with Crippen LogP contribution in [0.15, 0.2) is 78.5 Å². The molecule has 0 aliphatic carbocycles.